The monoisotopic (exact) mass is 329 g/mol. The molecule has 1 saturated carbocycles. The van der Waals surface area contributed by atoms with Crippen molar-refractivity contribution in [2.45, 2.75) is 39.0 Å². The van der Waals surface area contributed by atoms with E-state index in [4.69, 9.17) is 0 Å². The molecular formula is C19H27N3O2. The lowest BCUT2D eigenvalue weighted by Crippen LogP contribution is -2.41. The summed E-state index contributed by atoms with van der Waals surface area (Å²) in [4.78, 5) is 25.8. The number of urea groups is 1. The van der Waals surface area contributed by atoms with E-state index < -0.39 is 0 Å². The van der Waals surface area contributed by atoms with E-state index in [2.05, 4.69) is 10.6 Å². The van der Waals surface area contributed by atoms with Crippen molar-refractivity contribution < 1.29 is 9.59 Å². The molecule has 0 spiro atoms. The van der Waals surface area contributed by atoms with Gasteiger partial charge in [0, 0.05) is 31.2 Å². The Bertz CT molecular complexity index is 573. The summed E-state index contributed by atoms with van der Waals surface area (Å²) in [6.45, 7) is 4.39. The summed E-state index contributed by atoms with van der Waals surface area (Å²) >= 11 is 0. The lowest BCUT2D eigenvalue weighted by molar-refractivity contribution is -0.122. The fourth-order valence-corrected chi connectivity index (χ4v) is 3.15. The van der Waals surface area contributed by atoms with E-state index in [1.54, 1.807) is 0 Å². The minimum absolute atomic E-state index is 0.0145. The lowest BCUT2D eigenvalue weighted by Gasteiger charge is -2.32. The van der Waals surface area contributed by atoms with Gasteiger partial charge in [-0.05, 0) is 57.1 Å². The molecule has 3 rings (SSSR count). The van der Waals surface area contributed by atoms with Gasteiger partial charge in [-0.25, -0.2) is 4.79 Å². The Hall–Kier alpha value is -2.04. The van der Waals surface area contributed by atoms with E-state index in [0.717, 1.165) is 57.4 Å². The van der Waals surface area contributed by atoms with Crippen LogP contribution in [0, 0.1) is 18.8 Å². The molecule has 2 aliphatic rings. The Balaban J connectivity index is 1.35. The van der Waals surface area contributed by atoms with Gasteiger partial charge in [0.2, 0.25) is 5.91 Å². The number of hydrogen-bond acceptors (Lipinski definition) is 2. The van der Waals surface area contributed by atoms with Gasteiger partial charge < -0.3 is 15.5 Å². The molecule has 1 heterocycles. The molecule has 0 unspecified atom stereocenters. The second kappa shape index (κ2) is 7.69. The van der Waals surface area contributed by atoms with Gasteiger partial charge in [-0.1, -0.05) is 17.7 Å². The Labute approximate surface area is 143 Å². The zero-order chi connectivity index (χ0) is 16.9. The molecule has 3 amide bonds. The summed E-state index contributed by atoms with van der Waals surface area (Å²) in [5.41, 5.74) is 2.03. The number of piperidine rings is 1. The van der Waals surface area contributed by atoms with Crippen molar-refractivity contribution in [3.8, 4) is 0 Å². The van der Waals surface area contributed by atoms with Gasteiger partial charge in [-0.3, -0.25) is 4.79 Å². The molecule has 1 aliphatic carbocycles. The molecule has 2 fully saturated rings. The fourth-order valence-electron chi connectivity index (χ4n) is 3.15. The van der Waals surface area contributed by atoms with Gasteiger partial charge in [0.1, 0.15) is 0 Å². The van der Waals surface area contributed by atoms with Crippen LogP contribution in [0.5, 0.6) is 0 Å². The molecule has 1 aromatic carbocycles. The normalized spacial score (nSPS) is 18.3. The summed E-state index contributed by atoms with van der Waals surface area (Å²) in [6, 6.07) is 7.85. The summed E-state index contributed by atoms with van der Waals surface area (Å²) in [6.07, 6.45) is 5.16. The first kappa shape index (κ1) is 16.8. The molecule has 1 aliphatic heterocycles. The maximum atomic E-state index is 12.3. The van der Waals surface area contributed by atoms with E-state index in [1.807, 2.05) is 36.1 Å². The van der Waals surface area contributed by atoms with Crippen molar-refractivity contribution in [2.24, 2.45) is 11.8 Å². The minimum atomic E-state index is -0.0145. The number of carbonyl (C=O) groups excluding carboxylic acids is 2. The number of carbonyl (C=O) groups is 2. The van der Waals surface area contributed by atoms with E-state index in [9.17, 15) is 9.59 Å². The number of hydrogen-bond donors (Lipinski definition) is 2. The third-order valence-corrected chi connectivity index (χ3v) is 5.00. The lowest BCUT2D eigenvalue weighted by atomic mass is 9.93. The van der Waals surface area contributed by atoms with E-state index in [0.29, 0.717) is 5.92 Å². The fraction of sp³-hybridized carbons (Fsp3) is 0.579. The summed E-state index contributed by atoms with van der Waals surface area (Å²) < 4.78 is 0. The predicted octanol–water partition coefficient (Wildman–Crippen LogP) is 3.16. The average molecular weight is 329 g/mol. The highest BCUT2D eigenvalue weighted by molar-refractivity contribution is 5.89. The molecule has 24 heavy (non-hydrogen) atoms. The Kier molecular flexibility index (Phi) is 5.38. The summed E-state index contributed by atoms with van der Waals surface area (Å²) in [5.74, 6) is 1.12. The third kappa shape index (κ3) is 4.73. The van der Waals surface area contributed by atoms with Crippen molar-refractivity contribution in [1.29, 1.82) is 0 Å². The second-order valence-electron chi connectivity index (χ2n) is 7.08. The van der Waals surface area contributed by atoms with Crippen LogP contribution >= 0.6 is 0 Å². The highest BCUT2D eigenvalue weighted by Crippen LogP contribution is 2.29. The SMILES string of the molecule is Cc1ccc(NC(=O)N2CCC(CCNC(=O)C3CC3)CC2)cc1. The van der Waals surface area contributed by atoms with Gasteiger partial charge in [0.15, 0.2) is 0 Å². The number of benzene rings is 1. The first-order chi connectivity index (χ1) is 11.6. The first-order valence-electron chi connectivity index (χ1n) is 9.02. The van der Waals surface area contributed by atoms with Crippen molar-refractivity contribution in [3.63, 3.8) is 0 Å². The maximum Gasteiger partial charge on any atom is 0.321 e. The second-order valence-corrected chi connectivity index (χ2v) is 7.08. The Morgan fingerprint density at radius 3 is 2.38 bits per heavy atom. The van der Waals surface area contributed by atoms with Gasteiger partial charge in [0.05, 0.1) is 0 Å². The molecular weight excluding hydrogens is 302 g/mol. The highest BCUT2D eigenvalue weighted by atomic mass is 16.2. The van der Waals surface area contributed by atoms with Crippen molar-refractivity contribution in [1.82, 2.24) is 10.2 Å². The minimum Gasteiger partial charge on any atom is -0.356 e. The maximum absolute atomic E-state index is 12.3. The van der Waals surface area contributed by atoms with Crippen LogP contribution in [0.3, 0.4) is 0 Å². The first-order valence-corrected chi connectivity index (χ1v) is 9.02. The number of rotatable bonds is 5. The molecule has 1 saturated heterocycles. The van der Waals surface area contributed by atoms with E-state index in [1.165, 1.54) is 5.56 Å². The average Bonchev–Trinajstić information content (AvgIpc) is 3.42. The third-order valence-electron chi connectivity index (χ3n) is 5.00. The topological polar surface area (TPSA) is 61.4 Å². The quantitative estimate of drug-likeness (QED) is 0.872. The molecule has 5 heteroatoms. The van der Waals surface area contributed by atoms with Crippen molar-refractivity contribution in [3.05, 3.63) is 29.8 Å². The molecule has 0 radical (unpaired) electrons. The van der Waals surface area contributed by atoms with Gasteiger partial charge in [-0.2, -0.15) is 0 Å². The van der Waals surface area contributed by atoms with E-state index in [-0.39, 0.29) is 17.9 Å². The van der Waals surface area contributed by atoms with Crippen LogP contribution in [0.2, 0.25) is 0 Å². The van der Waals surface area contributed by atoms with Crippen molar-refractivity contribution in [2.75, 3.05) is 25.0 Å². The molecule has 5 nitrogen and oxygen atoms in total. The van der Waals surface area contributed by atoms with Gasteiger partial charge in [-0.15, -0.1) is 0 Å². The zero-order valence-electron chi connectivity index (χ0n) is 14.4. The Morgan fingerprint density at radius 1 is 1.08 bits per heavy atom. The Morgan fingerprint density at radius 2 is 1.75 bits per heavy atom. The van der Waals surface area contributed by atoms with E-state index >= 15 is 0 Å². The van der Waals surface area contributed by atoms with Crippen LogP contribution in [-0.2, 0) is 4.79 Å². The number of nitrogens with one attached hydrogen (secondary N) is 2. The van der Waals surface area contributed by atoms with Crippen LogP contribution in [0.1, 0.15) is 37.7 Å². The standard InChI is InChI=1S/C19H27N3O2/c1-14-2-6-17(7-3-14)21-19(24)22-12-9-15(10-13-22)8-11-20-18(23)16-4-5-16/h2-3,6-7,15-16H,4-5,8-13H2,1H3,(H,20,23)(H,21,24). The van der Waals surface area contributed by atoms with Crippen LogP contribution in [0.4, 0.5) is 10.5 Å². The molecule has 0 atom stereocenters. The smallest absolute Gasteiger partial charge is 0.321 e. The molecule has 2 N–H and O–H groups in total. The van der Waals surface area contributed by atoms with Crippen molar-refractivity contribution >= 4 is 17.6 Å². The molecule has 1 aromatic rings. The number of amides is 3. The largest absolute Gasteiger partial charge is 0.356 e. The number of aryl methyl sites for hydroxylation is 1. The summed E-state index contributed by atoms with van der Waals surface area (Å²) in [5, 5.41) is 5.99. The number of anilines is 1. The molecule has 0 aromatic heterocycles. The van der Waals surface area contributed by atoms with Crippen LogP contribution in [0.25, 0.3) is 0 Å². The van der Waals surface area contributed by atoms with Gasteiger partial charge in [0.25, 0.3) is 0 Å². The van der Waals surface area contributed by atoms with Crippen LogP contribution < -0.4 is 10.6 Å². The zero-order valence-corrected chi connectivity index (χ0v) is 14.4. The van der Waals surface area contributed by atoms with Crippen LogP contribution in [-0.4, -0.2) is 36.5 Å². The number of nitrogens with zero attached hydrogens (tertiary/aromatic N) is 1. The highest BCUT2D eigenvalue weighted by Gasteiger charge is 2.29. The van der Waals surface area contributed by atoms with Gasteiger partial charge >= 0.3 is 6.03 Å². The van der Waals surface area contributed by atoms with Crippen LogP contribution in [0.15, 0.2) is 24.3 Å². The number of likely N-dealkylation sites (tertiary alicyclic amines) is 1. The summed E-state index contributed by atoms with van der Waals surface area (Å²) in [7, 11) is 0. The molecule has 130 valence electrons. The predicted molar refractivity (Wildman–Crippen MR) is 94.8 cm³/mol. The molecule has 0 bridgehead atoms.